The minimum atomic E-state index is -0.383. The molecule has 0 radical (unpaired) electrons. The molecule has 2 aromatic rings. The number of aromatic nitrogens is 1. The molecule has 6 nitrogen and oxygen atoms in total. The molecule has 136 valence electrons. The van der Waals surface area contributed by atoms with Gasteiger partial charge in [0.15, 0.2) is 0 Å². The Morgan fingerprint density at radius 2 is 1.96 bits per heavy atom. The summed E-state index contributed by atoms with van der Waals surface area (Å²) in [6.07, 6.45) is 0. The monoisotopic (exact) mass is 386 g/mol. The molecule has 0 aliphatic carbocycles. The Labute approximate surface area is 155 Å². The summed E-state index contributed by atoms with van der Waals surface area (Å²) in [5, 5.41) is 4.94. The van der Waals surface area contributed by atoms with Crippen LogP contribution in [0.5, 0.6) is 0 Å². The molecule has 0 aliphatic heterocycles. The summed E-state index contributed by atoms with van der Waals surface area (Å²) < 4.78 is 12.9. The summed E-state index contributed by atoms with van der Waals surface area (Å²) in [5.74, 6) is -1.07. The van der Waals surface area contributed by atoms with Crippen molar-refractivity contribution in [3.8, 4) is 0 Å². The van der Waals surface area contributed by atoms with Crippen LogP contribution in [0.1, 0.15) is 29.3 Å². The smallest absolute Gasteiger partial charge is 0.274 e. The SMILES string of the molecule is CC(C)N(CC(=O)Nc1ccc(F)cc1)C(=O)c1csc(CN)n1.Cl. The predicted octanol–water partition coefficient (Wildman–Crippen LogP) is 2.65. The van der Waals surface area contributed by atoms with Gasteiger partial charge in [-0.25, -0.2) is 9.37 Å². The lowest BCUT2D eigenvalue weighted by molar-refractivity contribution is -0.117. The Kier molecular flexibility index (Phi) is 7.95. The van der Waals surface area contributed by atoms with E-state index in [4.69, 9.17) is 5.73 Å². The van der Waals surface area contributed by atoms with E-state index in [2.05, 4.69) is 10.3 Å². The Hall–Kier alpha value is -2.03. The van der Waals surface area contributed by atoms with Gasteiger partial charge in [-0.3, -0.25) is 9.59 Å². The Morgan fingerprint density at radius 3 is 2.48 bits per heavy atom. The number of carbonyl (C=O) groups excluding carboxylic acids is 2. The lowest BCUT2D eigenvalue weighted by Crippen LogP contribution is -2.42. The van der Waals surface area contributed by atoms with E-state index in [-0.39, 0.29) is 54.9 Å². The van der Waals surface area contributed by atoms with Crippen molar-refractivity contribution in [1.82, 2.24) is 9.88 Å². The molecule has 3 N–H and O–H groups in total. The maximum atomic E-state index is 12.9. The second-order valence-electron chi connectivity index (χ2n) is 5.41. The second-order valence-corrected chi connectivity index (χ2v) is 6.36. The average Bonchev–Trinajstić information content (AvgIpc) is 3.03. The molecule has 9 heteroatoms. The summed E-state index contributed by atoms with van der Waals surface area (Å²) in [7, 11) is 0. The molecule has 0 spiro atoms. The van der Waals surface area contributed by atoms with Gasteiger partial charge in [0.05, 0.1) is 0 Å². The second kappa shape index (κ2) is 9.45. The highest BCUT2D eigenvalue weighted by Gasteiger charge is 2.23. The van der Waals surface area contributed by atoms with Crippen LogP contribution in [0.15, 0.2) is 29.6 Å². The van der Waals surface area contributed by atoms with Crippen molar-refractivity contribution in [2.45, 2.75) is 26.4 Å². The van der Waals surface area contributed by atoms with Crippen molar-refractivity contribution in [2.75, 3.05) is 11.9 Å². The lowest BCUT2D eigenvalue weighted by atomic mass is 10.2. The molecule has 2 amide bonds. The van der Waals surface area contributed by atoms with E-state index in [1.54, 1.807) is 5.38 Å². The van der Waals surface area contributed by atoms with Crippen molar-refractivity contribution in [1.29, 1.82) is 0 Å². The number of amides is 2. The number of benzene rings is 1. The van der Waals surface area contributed by atoms with Crippen LogP contribution >= 0.6 is 23.7 Å². The first kappa shape index (κ1) is 21.0. The standard InChI is InChI=1S/C16H19FN4O2S.ClH/c1-10(2)21(16(23)13-9-24-15(7-18)20-13)8-14(22)19-12-5-3-11(17)4-6-12;/h3-6,9-10H,7-8,18H2,1-2H3,(H,19,22);1H. The van der Waals surface area contributed by atoms with Gasteiger partial charge in [-0.15, -0.1) is 23.7 Å². The molecule has 0 aliphatic rings. The fraction of sp³-hybridized carbons (Fsp3) is 0.312. The van der Waals surface area contributed by atoms with Crippen molar-refractivity contribution in [2.24, 2.45) is 5.73 Å². The highest BCUT2D eigenvalue weighted by Crippen LogP contribution is 2.14. The molecule has 0 bridgehead atoms. The van der Waals surface area contributed by atoms with E-state index in [1.165, 1.54) is 40.5 Å². The number of hydrogen-bond acceptors (Lipinski definition) is 5. The van der Waals surface area contributed by atoms with Gasteiger partial charge < -0.3 is 16.0 Å². The maximum Gasteiger partial charge on any atom is 0.274 e. The van der Waals surface area contributed by atoms with Gasteiger partial charge in [-0.1, -0.05) is 0 Å². The molecule has 2 rings (SSSR count). The third-order valence-electron chi connectivity index (χ3n) is 3.27. The fourth-order valence-electron chi connectivity index (χ4n) is 2.03. The molecule has 1 aromatic heterocycles. The first-order chi connectivity index (χ1) is 11.4. The maximum absolute atomic E-state index is 12.9. The molecule has 0 fully saturated rings. The zero-order valence-corrected chi connectivity index (χ0v) is 15.5. The minimum Gasteiger partial charge on any atom is -0.326 e. The number of nitrogens with zero attached hydrogens (tertiary/aromatic N) is 2. The van der Waals surface area contributed by atoms with Crippen LogP contribution in [-0.4, -0.2) is 34.3 Å². The van der Waals surface area contributed by atoms with Crippen LogP contribution in [0, 0.1) is 5.82 Å². The van der Waals surface area contributed by atoms with Gasteiger partial charge >= 0.3 is 0 Å². The Morgan fingerprint density at radius 1 is 1.32 bits per heavy atom. The van der Waals surface area contributed by atoms with Gasteiger partial charge in [0, 0.05) is 23.7 Å². The number of carbonyl (C=O) groups is 2. The van der Waals surface area contributed by atoms with Crippen LogP contribution in [0.4, 0.5) is 10.1 Å². The largest absolute Gasteiger partial charge is 0.326 e. The number of rotatable bonds is 6. The Bertz CT molecular complexity index is 721. The van der Waals surface area contributed by atoms with E-state index in [9.17, 15) is 14.0 Å². The summed E-state index contributed by atoms with van der Waals surface area (Å²) in [4.78, 5) is 30.3. The fourth-order valence-corrected chi connectivity index (χ4v) is 2.68. The van der Waals surface area contributed by atoms with Gasteiger partial charge in [-0.2, -0.15) is 0 Å². The highest BCUT2D eigenvalue weighted by atomic mass is 35.5. The molecular weight excluding hydrogens is 367 g/mol. The van der Waals surface area contributed by atoms with Crippen LogP contribution in [0.2, 0.25) is 0 Å². The third kappa shape index (κ3) is 5.77. The van der Waals surface area contributed by atoms with Crippen molar-refractivity contribution < 1.29 is 14.0 Å². The Balaban J connectivity index is 0.00000312. The molecule has 0 atom stereocenters. The average molecular weight is 387 g/mol. The number of halogens is 2. The molecule has 0 unspecified atom stereocenters. The van der Waals surface area contributed by atoms with Gasteiger partial charge in [0.1, 0.15) is 23.1 Å². The van der Waals surface area contributed by atoms with Gasteiger partial charge in [0.25, 0.3) is 5.91 Å². The third-order valence-corrected chi connectivity index (χ3v) is 4.14. The quantitative estimate of drug-likeness (QED) is 0.798. The molecule has 0 saturated carbocycles. The number of nitrogens with one attached hydrogen (secondary N) is 1. The van der Waals surface area contributed by atoms with E-state index in [0.717, 1.165) is 0 Å². The van der Waals surface area contributed by atoms with E-state index >= 15 is 0 Å². The number of hydrogen-bond donors (Lipinski definition) is 2. The first-order valence-corrected chi connectivity index (χ1v) is 8.29. The van der Waals surface area contributed by atoms with Crippen molar-refractivity contribution >= 4 is 41.2 Å². The summed E-state index contributed by atoms with van der Waals surface area (Å²) in [6.45, 7) is 3.78. The molecule has 1 aromatic carbocycles. The van der Waals surface area contributed by atoms with E-state index < -0.39 is 0 Å². The highest BCUT2D eigenvalue weighted by molar-refractivity contribution is 7.09. The van der Waals surface area contributed by atoms with Crippen molar-refractivity contribution in [3.05, 3.63) is 46.2 Å². The molecular formula is C16H20ClFN4O2S. The van der Waals surface area contributed by atoms with Gasteiger partial charge in [-0.05, 0) is 38.1 Å². The first-order valence-electron chi connectivity index (χ1n) is 7.41. The minimum absolute atomic E-state index is 0. The summed E-state index contributed by atoms with van der Waals surface area (Å²) in [5.41, 5.74) is 6.26. The zero-order valence-electron chi connectivity index (χ0n) is 13.9. The van der Waals surface area contributed by atoms with Crippen LogP contribution in [-0.2, 0) is 11.3 Å². The molecule has 25 heavy (non-hydrogen) atoms. The van der Waals surface area contributed by atoms with Gasteiger partial charge in [0.2, 0.25) is 5.91 Å². The molecule has 1 heterocycles. The number of thiazole rings is 1. The summed E-state index contributed by atoms with van der Waals surface area (Å²) in [6, 6.07) is 5.25. The van der Waals surface area contributed by atoms with E-state index in [0.29, 0.717) is 10.7 Å². The number of anilines is 1. The summed E-state index contributed by atoms with van der Waals surface area (Å²) >= 11 is 1.31. The van der Waals surface area contributed by atoms with Crippen LogP contribution < -0.4 is 11.1 Å². The van der Waals surface area contributed by atoms with Crippen molar-refractivity contribution in [3.63, 3.8) is 0 Å². The lowest BCUT2D eigenvalue weighted by Gasteiger charge is -2.25. The number of nitrogens with two attached hydrogens (primary N) is 1. The van der Waals surface area contributed by atoms with Crippen LogP contribution in [0.25, 0.3) is 0 Å². The van der Waals surface area contributed by atoms with Crippen LogP contribution in [0.3, 0.4) is 0 Å². The molecule has 0 saturated heterocycles. The van der Waals surface area contributed by atoms with E-state index in [1.807, 2.05) is 13.8 Å². The normalized spacial score (nSPS) is 10.3. The zero-order chi connectivity index (χ0) is 17.7. The topological polar surface area (TPSA) is 88.3 Å². The predicted molar refractivity (Wildman–Crippen MR) is 98.5 cm³/mol.